The zero-order chi connectivity index (χ0) is 19.4. The summed E-state index contributed by atoms with van der Waals surface area (Å²) >= 11 is 1.99. The Bertz CT molecular complexity index is 1680. The number of para-hydroxylation sites is 1. The first-order chi connectivity index (χ1) is 14.8. The van der Waals surface area contributed by atoms with E-state index in [1.807, 2.05) is 11.3 Å². The molecule has 142 valence electrons. The van der Waals surface area contributed by atoms with Crippen LogP contribution in [0, 0.1) is 0 Å². The van der Waals surface area contributed by atoms with E-state index in [2.05, 4.69) is 71.3 Å². The fourth-order valence-electron chi connectivity index (χ4n) is 5.57. The number of hydrogen-bond donors (Lipinski definition) is 0. The van der Waals surface area contributed by atoms with E-state index < -0.39 is 0 Å². The zero-order valence-corrected chi connectivity index (χ0v) is 17.4. The van der Waals surface area contributed by atoms with Crippen LogP contribution in [0.25, 0.3) is 47.7 Å². The molecule has 0 amide bonds. The first kappa shape index (κ1) is 15.7. The number of aryl methyl sites for hydroxylation is 4. The lowest BCUT2D eigenvalue weighted by atomic mass is 9.87. The molecule has 0 N–H and O–H groups in total. The van der Waals surface area contributed by atoms with Crippen molar-refractivity contribution < 1.29 is 0 Å². The van der Waals surface area contributed by atoms with Gasteiger partial charge in [-0.25, -0.2) is 0 Å². The van der Waals surface area contributed by atoms with Gasteiger partial charge >= 0.3 is 0 Å². The first-order valence-electron chi connectivity index (χ1n) is 10.9. The quantitative estimate of drug-likeness (QED) is 0.271. The number of fused-ring (bicyclic) bond motifs is 9. The topological polar surface area (TPSA) is 4.93 Å². The number of hydrogen-bond acceptors (Lipinski definition) is 1. The largest absolute Gasteiger partial charge is 0.309 e. The Labute approximate surface area is 178 Å². The van der Waals surface area contributed by atoms with Crippen LogP contribution in [0.3, 0.4) is 0 Å². The fraction of sp³-hybridized carbons (Fsp3) is 0.143. The van der Waals surface area contributed by atoms with Gasteiger partial charge in [0.05, 0.1) is 11.0 Å². The van der Waals surface area contributed by atoms with Gasteiger partial charge in [-0.3, -0.25) is 0 Å². The number of benzene rings is 4. The van der Waals surface area contributed by atoms with Gasteiger partial charge in [0.2, 0.25) is 0 Å². The minimum Gasteiger partial charge on any atom is -0.309 e. The molecule has 0 saturated carbocycles. The van der Waals surface area contributed by atoms with Crippen LogP contribution in [-0.4, -0.2) is 4.57 Å². The van der Waals surface area contributed by atoms with Crippen LogP contribution in [-0.2, 0) is 25.7 Å². The van der Waals surface area contributed by atoms with E-state index in [1.54, 1.807) is 11.1 Å². The molecule has 0 fully saturated rings. The molecule has 6 aromatic rings. The van der Waals surface area contributed by atoms with Crippen molar-refractivity contribution in [3.63, 3.8) is 0 Å². The molecule has 8 rings (SSSR count). The second-order valence-electron chi connectivity index (χ2n) is 8.86. The van der Waals surface area contributed by atoms with Crippen molar-refractivity contribution in [2.75, 3.05) is 0 Å². The number of thiophene rings is 1. The standard InChI is InChI=1S/C28H19NS/c1-2-4-20(5-3-1)29-24-11-10-21-22-12-16-7-9-19(16)15-26(22)30-28(21)27(24)23-13-17-6-8-18(17)14-25(23)29/h1-5,10-15H,6-9H2. The second-order valence-corrected chi connectivity index (χ2v) is 9.92. The Kier molecular flexibility index (Phi) is 2.79. The van der Waals surface area contributed by atoms with E-state index in [0.717, 1.165) is 0 Å². The summed E-state index contributed by atoms with van der Waals surface area (Å²) in [5, 5.41) is 5.72. The zero-order valence-electron chi connectivity index (χ0n) is 16.5. The second kappa shape index (κ2) is 5.33. The van der Waals surface area contributed by atoms with Crippen LogP contribution in [0.15, 0.2) is 66.7 Å². The molecule has 2 heterocycles. The molecule has 0 unspecified atom stereocenters. The van der Waals surface area contributed by atoms with Crippen LogP contribution in [0.5, 0.6) is 0 Å². The van der Waals surface area contributed by atoms with Gasteiger partial charge in [0, 0.05) is 36.6 Å². The van der Waals surface area contributed by atoms with E-state index in [-0.39, 0.29) is 0 Å². The van der Waals surface area contributed by atoms with Gasteiger partial charge in [0.15, 0.2) is 0 Å². The van der Waals surface area contributed by atoms with Crippen LogP contribution >= 0.6 is 11.3 Å². The number of aromatic nitrogens is 1. The lowest BCUT2D eigenvalue weighted by molar-refractivity contribution is 0.843. The molecule has 0 bridgehead atoms. The summed E-state index contributed by atoms with van der Waals surface area (Å²) in [6, 6.07) is 25.4. The third-order valence-corrected chi connectivity index (χ3v) is 8.54. The van der Waals surface area contributed by atoms with Gasteiger partial charge in [-0.2, -0.15) is 0 Å². The van der Waals surface area contributed by atoms with Crippen molar-refractivity contribution in [3.8, 4) is 5.69 Å². The van der Waals surface area contributed by atoms with Gasteiger partial charge in [0.1, 0.15) is 0 Å². The normalized spacial score (nSPS) is 14.8. The summed E-state index contributed by atoms with van der Waals surface area (Å²) in [5.41, 5.74) is 10.1. The molecule has 0 atom stereocenters. The highest BCUT2D eigenvalue weighted by Crippen LogP contribution is 2.45. The molecular formula is C28H19NS. The highest BCUT2D eigenvalue weighted by molar-refractivity contribution is 7.26. The fourth-order valence-corrected chi connectivity index (χ4v) is 6.88. The van der Waals surface area contributed by atoms with E-state index in [1.165, 1.54) is 84.5 Å². The molecule has 0 spiro atoms. The maximum Gasteiger partial charge on any atom is 0.0555 e. The van der Waals surface area contributed by atoms with Crippen molar-refractivity contribution >= 4 is 53.3 Å². The van der Waals surface area contributed by atoms with Gasteiger partial charge in [-0.05, 0) is 90.4 Å². The van der Waals surface area contributed by atoms with E-state index in [4.69, 9.17) is 0 Å². The van der Waals surface area contributed by atoms with Crippen LogP contribution in [0.1, 0.15) is 22.3 Å². The lowest BCUT2D eigenvalue weighted by Gasteiger charge is -2.19. The molecule has 0 radical (unpaired) electrons. The summed E-state index contributed by atoms with van der Waals surface area (Å²) in [6.07, 6.45) is 4.92. The van der Waals surface area contributed by atoms with Crippen LogP contribution in [0.2, 0.25) is 0 Å². The van der Waals surface area contributed by atoms with E-state index >= 15 is 0 Å². The third kappa shape index (κ3) is 1.84. The van der Waals surface area contributed by atoms with Crippen LogP contribution < -0.4 is 0 Å². The van der Waals surface area contributed by atoms with Gasteiger partial charge in [-0.15, -0.1) is 11.3 Å². The predicted molar refractivity (Wildman–Crippen MR) is 128 cm³/mol. The Hall–Kier alpha value is -3.10. The van der Waals surface area contributed by atoms with Crippen molar-refractivity contribution in [1.29, 1.82) is 0 Å². The summed E-state index contributed by atoms with van der Waals surface area (Å²) in [7, 11) is 0. The van der Waals surface area contributed by atoms with Crippen molar-refractivity contribution in [1.82, 2.24) is 4.57 Å². The van der Waals surface area contributed by atoms with Crippen molar-refractivity contribution in [2.45, 2.75) is 25.7 Å². The minimum absolute atomic E-state index is 1.21. The molecule has 2 aliphatic carbocycles. The van der Waals surface area contributed by atoms with Crippen molar-refractivity contribution in [3.05, 3.63) is 89.0 Å². The lowest BCUT2D eigenvalue weighted by Crippen LogP contribution is -2.07. The molecule has 2 heteroatoms. The first-order valence-corrected chi connectivity index (χ1v) is 11.7. The molecular weight excluding hydrogens is 382 g/mol. The van der Waals surface area contributed by atoms with Gasteiger partial charge in [-0.1, -0.05) is 24.3 Å². The molecule has 1 nitrogen and oxygen atoms in total. The molecule has 30 heavy (non-hydrogen) atoms. The monoisotopic (exact) mass is 401 g/mol. The number of rotatable bonds is 1. The SMILES string of the molecule is c1ccc(-n2c3cc4c(cc3c3c5sc6cc7c(cc6c5ccc32)CC7)CC4)cc1. The molecule has 0 saturated heterocycles. The maximum absolute atomic E-state index is 2.48. The maximum atomic E-state index is 2.48. The van der Waals surface area contributed by atoms with E-state index in [0.29, 0.717) is 0 Å². The third-order valence-electron chi connectivity index (χ3n) is 7.35. The summed E-state index contributed by atoms with van der Waals surface area (Å²) in [6.45, 7) is 0. The predicted octanol–water partition coefficient (Wildman–Crippen LogP) is 7.35. The Morgan fingerprint density at radius 2 is 1.30 bits per heavy atom. The molecule has 2 aliphatic rings. The Morgan fingerprint density at radius 3 is 2.07 bits per heavy atom. The smallest absolute Gasteiger partial charge is 0.0555 e. The molecule has 4 aromatic carbocycles. The van der Waals surface area contributed by atoms with Gasteiger partial charge < -0.3 is 4.57 Å². The summed E-state index contributed by atoms with van der Waals surface area (Å²) in [4.78, 5) is 0. The average Bonchev–Trinajstić information content (AvgIpc) is 3.26. The highest BCUT2D eigenvalue weighted by Gasteiger charge is 2.23. The molecule has 0 aliphatic heterocycles. The minimum atomic E-state index is 1.21. The summed E-state index contributed by atoms with van der Waals surface area (Å²) in [5.74, 6) is 0. The van der Waals surface area contributed by atoms with Crippen LogP contribution in [0.4, 0.5) is 0 Å². The van der Waals surface area contributed by atoms with Crippen molar-refractivity contribution in [2.24, 2.45) is 0 Å². The Morgan fingerprint density at radius 1 is 0.600 bits per heavy atom. The summed E-state index contributed by atoms with van der Waals surface area (Å²) < 4.78 is 5.37. The average molecular weight is 402 g/mol. The van der Waals surface area contributed by atoms with E-state index in [9.17, 15) is 0 Å². The molecule has 2 aromatic heterocycles. The van der Waals surface area contributed by atoms with Gasteiger partial charge in [0.25, 0.3) is 0 Å². The number of nitrogens with zero attached hydrogens (tertiary/aromatic N) is 1. The highest BCUT2D eigenvalue weighted by atomic mass is 32.1. The Balaban J connectivity index is 1.60.